The topological polar surface area (TPSA) is 30.2 Å². The van der Waals surface area contributed by atoms with Gasteiger partial charge in [0.2, 0.25) is 0 Å². The molecule has 1 fully saturated rings. The zero-order valence-electron chi connectivity index (χ0n) is 12.2. The number of nitrogens with zero attached hydrogens (tertiary/aromatic N) is 3. The van der Waals surface area contributed by atoms with E-state index in [1.165, 1.54) is 37.8 Å². The smallest absolute Gasteiger partial charge is 0.155 e. The quantitative estimate of drug-likeness (QED) is 0.770. The molecule has 3 rings (SSSR count). The van der Waals surface area contributed by atoms with Crippen molar-refractivity contribution in [3.8, 4) is 0 Å². The monoisotopic (exact) mass is 257 g/mol. The van der Waals surface area contributed by atoms with E-state index in [4.69, 9.17) is 4.98 Å². The second-order valence-electron chi connectivity index (χ2n) is 6.77. The molecule has 19 heavy (non-hydrogen) atoms. The van der Waals surface area contributed by atoms with Crippen molar-refractivity contribution in [1.29, 1.82) is 0 Å². The van der Waals surface area contributed by atoms with Gasteiger partial charge in [0.1, 0.15) is 0 Å². The fourth-order valence-electron chi connectivity index (χ4n) is 2.89. The van der Waals surface area contributed by atoms with Gasteiger partial charge in [-0.3, -0.25) is 0 Å². The molecular formula is C16H23N3. The molecule has 0 amide bonds. The molecule has 2 heterocycles. The second kappa shape index (κ2) is 4.62. The summed E-state index contributed by atoms with van der Waals surface area (Å²) in [6.07, 6.45) is 8.75. The van der Waals surface area contributed by atoms with Crippen molar-refractivity contribution in [1.82, 2.24) is 14.6 Å². The van der Waals surface area contributed by atoms with Crippen molar-refractivity contribution in [2.75, 3.05) is 0 Å². The minimum atomic E-state index is 0.0820. The van der Waals surface area contributed by atoms with Gasteiger partial charge >= 0.3 is 0 Å². The van der Waals surface area contributed by atoms with Gasteiger partial charge in [0.15, 0.2) is 5.65 Å². The third-order valence-corrected chi connectivity index (χ3v) is 4.14. The highest BCUT2D eigenvalue weighted by atomic mass is 15.2. The average Bonchev–Trinajstić information content (AvgIpc) is 2.82. The molecule has 3 nitrogen and oxygen atoms in total. The summed E-state index contributed by atoms with van der Waals surface area (Å²) in [5.41, 5.74) is 3.44. The van der Waals surface area contributed by atoms with E-state index >= 15 is 0 Å². The molecule has 0 spiro atoms. The van der Waals surface area contributed by atoms with E-state index in [0.29, 0.717) is 5.92 Å². The van der Waals surface area contributed by atoms with Gasteiger partial charge in [0.25, 0.3) is 0 Å². The summed E-state index contributed by atoms with van der Waals surface area (Å²) in [6, 6.07) is 4.29. The van der Waals surface area contributed by atoms with Crippen molar-refractivity contribution in [2.45, 2.75) is 64.2 Å². The zero-order chi connectivity index (χ0) is 13.5. The number of hydrogen-bond donors (Lipinski definition) is 0. The first-order chi connectivity index (χ1) is 9.04. The first kappa shape index (κ1) is 12.6. The SMILES string of the molecule is CC(C)(C)c1cc2nc(C3CCCCC3)ccn2n1. The van der Waals surface area contributed by atoms with Gasteiger partial charge in [-0.05, 0) is 18.9 Å². The Kier molecular flexibility index (Phi) is 3.08. The molecular weight excluding hydrogens is 234 g/mol. The molecule has 0 aliphatic heterocycles. The van der Waals surface area contributed by atoms with Crippen LogP contribution in [-0.4, -0.2) is 14.6 Å². The molecule has 0 radical (unpaired) electrons. The molecule has 0 atom stereocenters. The third kappa shape index (κ3) is 2.51. The number of fused-ring (bicyclic) bond motifs is 1. The molecule has 3 heteroatoms. The van der Waals surface area contributed by atoms with E-state index in [0.717, 1.165) is 11.3 Å². The van der Waals surface area contributed by atoms with Crippen LogP contribution >= 0.6 is 0 Å². The fourth-order valence-corrected chi connectivity index (χ4v) is 2.89. The molecule has 0 bridgehead atoms. The zero-order valence-corrected chi connectivity index (χ0v) is 12.2. The Morgan fingerprint density at radius 1 is 1.16 bits per heavy atom. The van der Waals surface area contributed by atoms with Crippen LogP contribution in [0.25, 0.3) is 5.65 Å². The Hall–Kier alpha value is -1.38. The summed E-state index contributed by atoms with van der Waals surface area (Å²) in [7, 11) is 0. The summed E-state index contributed by atoms with van der Waals surface area (Å²) >= 11 is 0. The van der Waals surface area contributed by atoms with E-state index in [2.05, 4.69) is 44.2 Å². The van der Waals surface area contributed by atoms with Crippen LogP contribution in [0.3, 0.4) is 0 Å². The molecule has 2 aromatic rings. The normalized spacial score (nSPS) is 18.1. The first-order valence-electron chi connectivity index (χ1n) is 7.41. The van der Waals surface area contributed by atoms with Crippen molar-refractivity contribution in [3.05, 3.63) is 29.7 Å². The highest BCUT2D eigenvalue weighted by Crippen LogP contribution is 2.32. The summed E-state index contributed by atoms with van der Waals surface area (Å²) in [6.45, 7) is 6.57. The molecule has 1 aliphatic carbocycles. The van der Waals surface area contributed by atoms with Crippen LogP contribution in [0.2, 0.25) is 0 Å². The second-order valence-corrected chi connectivity index (χ2v) is 6.77. The Balaban J connectivity index is 1.96. The summed E-state index contributed by atoms with van der Waals surface area (Å²) in [5, 5.41) is 4.62. The van der Waals surface area contributed by atoms with E-state index in [1.54, 1.807) is 0 Å². The van der Waals surface area contributed by atoms with E-state index in [9.17, 15) is 0 Å². The van der Waals surface area contributed by atoms with E-state index < -0.39 is 0 Å². The van der Waals surface area contributed by atoms with Crippen LogP contribution < -0.4 is 0 Å². The first-order valence-corrected chi connectivity index (χ1v) is 7.41. The van der Waals surface area contributed by atoms with Crippen molar-refractivity contribution < 1.29 is 0 Å². The van der Waals surface area contributed by atoms with Crippen LogP contribution in [0, 0.1) is 0 Å². The van der Waals surface area contributed by atoms with Crippen LogP contribution in [0.1, 0.15) is 70.2 Å². The number of aromatic nitrogens is 3. The Morgan fingerprint density at radius 2 is 1.89 bits per heavy atom. The van der Waals surface area contributed by atoms with Gasteiger partial charge in [-0.25, -0.2) is 9.50 Å². The fraction of sp³-hybridized carbons (Fsp3) is 0.625. The highest BCUT2D eigenvalue weighted by Gasteiger charge is 2.20. The summed E-state index contributed by atoms with van der Waals surface area (Å²) in [4.78, 5) is 4.83. The standard InChI is InChI=1S/C16H23N3/c1-16(2,3)14-11-15-17-13(9-10-19(15)18-14)12-7-5-4-6-8-12/h9-12H,4-8H2,1-3H3. The Bertz CT molecular complexity index is 571. The molecule has 2 aromatic heterocycles. The Labute approximate surface area is 115 Å². The molecule has 0 saturated heterocycles. The maximum atomic E-state index is 4.83. The van der Waals surface area contributed by atoms with Gasteiger partial charge in [-0.15, -0.1) is 0 Å². The average molecular weight is 257 g/mol. The van der Waals surface area contributed by atoms with Crippen molar-refractivity contribution in [3.63, 3.8) is 0 Å². The van der Waals surface area contributed by atoms with Gasteiger partial charge in [0, 0.05) is 29.3 Å². The van der Waals surface area contributed by atoms with Gasteiger partial charge in [-0.2, -0.15) is 5.10 Å². The van der Waals surface area contributed by atoms with Crippen molar-refractivity contribution >= 4 is 5.65 Å². The van der Waals surface area contributed by atoms with Crippen LogP contribution in [0.4, 0.5) is 0 Å². The molecule has 0 N–H and O–H groups in total. The highest BCUT2D eigenvalue weighted by molar-refractivity contribution is 5.42. The largest absolute Gasteiger partial charge is 0.233 e. The number of rotatable bonds is 1. The van der Waals surface area contributed by atoms with Gasteiger partial charge in [-0.1, -0.05) is 40.0 Å². The Morgan fingerprint density at radius 3 is 2.58 bits per heavy atom. The van der Waals surface area contributed by atoms with Crippen LogP contribution in [0.5, 0.6) is 0 Å². The molecule has 102 valence electrons. The lowest BCUT2D eigenvalue weighted by Crippen LogP contribution is -2.11. The van der Waals surface area contributed by atoms with Crippen molar-refractivity contribution in [2.24, 2.45) is 0 Å². The van der Waals surface area contributed by atoms with E-state index in [-0.39, 0.29) is 5.41 Å². The minimum Gasteiger partial charge on any atom is -0.233 e. The van der Waals surface area contributed by atoms with Gasteiger partial charge in [0.05, 0.1) is 5.69 Å². The molecule has 1 aliphatic rings. The maximum Gasteiger partial charge on any atom is 0.155 e. The van der Waals surface area contributed by atoms with E-state index in [1.807, 2.05) is 4.52 Å². The summed E-state index contributed by atoms with van der Waals surface area (Å²) < 4.78 is 1.91. The predicted octanol–water partition coefficient (Wildman–Crippen LogP) is 4.07. The molecule has 1 saturated carbocycles. The minimum absolute atomic E-state index is 0.0820. The number of hydrogen-bond acceptors (Lipinski definition) is 2. The lowest BCUT2D eigenvalue weighted by atomic mass is 9.87. The maximum absolute atomic E-state index is 4.83. The third-order valence-electron chi connectivity index (χ3n) is 4.14. The van der Waals surface area contributed by atoms with Crippen LogP contribution in [-0.2, 0) is 5.41 Å². The molecule has 0 unspecified atom stereocenters. The summed E-state index contributed by atoms with van der Waals surface area (Å²) in [5.74, 6) is 0.659. The lowest BCUT2D eigenvalue weighted by molar-refractivity contribution is 0.436. The molecule has 0 aromatic carbocycles. The van der Waals surface area contributed by atoms with Gasteiger partial charge < -0.3 is 0 Å². The lowest BCUT2D eigenvalue weighted by Gasteiger charge is -2.20. The van der Waals surface area contributed by atoms with Crippen LogP contribution in [0.15, 0.2) is 18.3 Å². The predicted molar refractivity (Wildman–Crippen MR) is 77.5 cm³/mol.